The Morgan fingerprint density at radius 3 is 2.35 bits per heavy atom. The van der Waals surface area contributed by atoms with Crippen LogP contribution in [0.15, 0.2) is 24.3 Å². The van der Waals surface area contributed by atoms with E-state index in [9.17, 15) is 14.3 Å². The van der Waals surface area contributed by atoms with Gasteiger partial charge in [0, 0.05) is 6.54 Å². The molecule has 0 bridgehead atoms. The fourth-order valence-corrected chi connectivity index (χ4v) is 1.38. The Bertz CT molecular complexity index is 457. The maximum Gasteiger partial charge on any atom is 0.263 e. The van der Waals surface area contributed by atoms with Crippen molar-refractivity contribution in [3.8, 4) is 5.75 Å². The molecule has 20 heavy (non-hydrogen) atoms. The molecule has 1 aromatic carbocycles. The van der Waals surface area contributed by atoms with Crippen molar-refractivity contribution >= 4 is 5.91 Å². The monoisotopic (exact) mass is 285 g/mol. The summed E-state index contributed by atoms with van der Waals surface area (Å²) in [5.74, 6) is -0.477. The van der Waals surface area contributed by atoms with Crippen molar-refractivity contribution in [1.29, 1.82) is 0 Å². The molecule has 0 radical (unpaired) electrons. The zero-order valence-electron chi connectivity index (χ0n) is 11.8. The zero-order valence-corrected chi connectivity index (χ0v) is 11.8. The topological polar surface area (TPSA) is 78.8 Å². The van der Waals surface area contributed by atoms with Crippen LogP contribution in [0.3, 0.4) is 0 Å². The average molecular weight is 285 g/mol. The van der Waals surface area contributed by atoms with Crippen LogP contribution in [0, 0.1) is 5.82 Å². The molecule has 0 saturated heterocycles. The highest BCUT2D eigenvalue weighted by Crippen LogP contribution is 2.19. The van der Waals surface area contributed by atoms with E-state index in [1.807, 2.05) is 0 Å². The van der Waals surface area contributed by atoms with Gasteiger partial charge in [0.15, 0.2) is 5.60 Å². The number of amides is 1. The molecule has 0 fully saturated rings. The van der Waals surface area contributed by atoms with Gasteiger partial charge in [-0.2, -0.15) is 0 Å². The number of benzene rings is 1. The van der Waals surface area contributed by atoms with Crippen molar-refractivity contribution in [2.24, 2.45) is 0 Å². The van der Waals surface area contributed by atoms with Crippen LogP contribution in [0.2, 0.25) is 0 Å². The fourth-order valence-electron chi connectivity index (χ4n) is 1.38. The molecule has 112 valence electrons. The summed E-state index contributed by atoms with van der Waals surface area (Å²) >= 11 is 0. The normalized spacial score (nSPS) is 14.5. The summed E-state index contributed by atoms with van der Waals surface area (Å²) in [6.45, 7) is 3.95. The minimum Gasteiger partial charge on any atom is -0.478 e. The Labute approximate surface area is 117 Å². The summed E-state index contributed by atoms with van der Waals surface area (Å²) in [5, 5.41) is 21.0. The molecule has 0 aliphatic carbocycles. The van der Waals surface area contributed by atoms with E-state index in [0.29, 0.717) is 5.75 Å². The lowest BCUT2D eigenvalue weighted by atomic mass is 10.1. The highest BCUT2D eigenvalue weighted by atomic mass is 19.1. The summed E-state index contributed by atoms with van der Waals surface area (Å²) in [7, 11) is 0. The van der Waals surface area contributed by atoms with E-state index < -0.39 is 29.5 Å². The lowest BCUT2D eigenvalue weighted by molar-refractivity contribution is -0.135. The summed E-state index contributed by atoms with van der Waals surface area (Å²) in [6, 6.07) is 5.32. The Balaban J connectivity index is 2.63. The SMILES string of the molecule is CC(O)(CO)CNC(=O)C(C)(C)Oc1ccc(F)cc1. The predicted octanol–water partition coefficient (Wildman–Crippen LogP) is 0.843. The van der Waals surface area contributed by atoms with Gasteiger partial charge in [-0.3, -0.25) is 4.79 Å². The molecule has 6 heteroatoms. The first-order valence-electron chi connectivity index (χ1n) is 6.22. The van der Waals surface area contributed by atoms with Gasteiger partial charge in [-0.05, 0) is 45.0 Å². The summed E-state index contributed by atoms with van der Waals surface area (Å²) in [4.78, 5) is 12.0. The van der Waals surface area contributed by atoms with Gasteiger partial charge in [0.05, 0.1) is 6.61 Å². The van der Waals surface area contributed by atoms with E-state index in [1.54, 1.807) is 13.8 Å². The zero-order chi connectivity index (χ0) is 15.4. The second kappa shape index (κ2) is 6.19. The molecule has 1 rings (SSSR count). The van der Waals surface area contributed by atoms with Crippen LogP contribution in [0.4, 0.5) is 4.39 Å². The molecule has 0 aliphatic heterocycles. The van der Waals surface area contributed by atoms with Crippen LogP contribution in [0.5, 0.6) is 5.75 Å². The Kier molecular flexibility index (Phi) is 5.08. The first kappa shape index (κ1) is 16.4. The first-order valence-corrected chi connectivity index (χ1v) is 6.22. The van der Waals surface area contributed by atoms with Gasteiger partial charge in [0.2, 0.25) is 0 Å². The van der Waals surface area contributed by atoms with Crippen molar-refractivity contribution in [3.05, 3.63) is 30.1 Å². The van der Waals surface area contributed by atoms with Crippen LogP contribution in [0.1, 0.15) is 20.8 Å². The third-order valence-electron chi connectivity index (χ3n) is 2.70. The van der Waals surface area contributed by atoms with Crippen molar-refractivity contribution < 1.29 is 24.1 Å². The van der Waals surface area contributed by atoms with Crippen molar-refractivity contribution in [1.82, 2.24) is 5.32 Å². The molecule has 3 N–H and O–H groups in total. The quantitative estimate of drug-likeness (QED) is 0.724. The standard InChI is InChI=1S/C14H20FNO4/c1-13(2,12(18)16-8-14(3,19)9-17)20-11-6-4-10(15)5-7-11/h4-7,17,19H,8-9H2,1-3H3,(H,16,18). The van der Waals surface area contributed by atoms with Gasteiger partial charge >= 0.3 is 0 Å². The van der Waals surface area contributed by atoms with E-state index in [1.165, 1.54) is 31.2 Å². The molecule has 0 spiro atoms. The molecule has 5 nitrogen and oxygen atoms in total. The molecule has 1 atom stereocenters. The van der Waals surface area contributed by atoms with Gasteiger partial charge in [0.25, 0.3) is 5.91 Å². The first-order chi connectivity index (χ1) is 9.16. The number of nitrogens with one attached hydrogen (secondary N) is 1. The molecular formula is C14H20FNO4. The molecule has 0 heterocycles. The second-order valence-electron chi connectivity index (χ2n) is 5.40. The largest absolute Gasteiger partial charge is 0.478 e. The van der Waals surface area contributed by atoms with Gasteiger partial charge in [-0.15, -0.1) is 0 Å². The number of ether oxygens (including phenoxy) is 1. The minimum absolute atomic E-state index is 0.0987. The number of aliphatic hydroxyl groups excluding tert-OH is 1. The van der Waals surface area contributed by atoms with E-state index in [-0.39, 0.29) is 6.54 Å². The van der Waals surface area contributed by atoms with Gasteiger partial charge in [-0.1, -0.05) is 0 Å². The summed E-state index contributed by atoms with van der Waals surface area (Å²) in [6.07, 6.45) is 0. The Morgan fingerprint density at radius 1 is 1.30 bits per heavy atom. The fraction of sp³-hybridized carbons (Fsp3) is 0.500. The van der Waals surface area contributed by atoms with E-state index in [0.717, 1.165) is 0 Å². The number of aliphatic hydroxyl groups is 2. The smallest absolute Gasteiger partial charge is 0.263 e. The van der Waals surface area contributed by atoms with E-state index in [4.69, 9.17) is 9.84 Å². The maximum absolute atomic E-state index is 12.8. The summed E-state index contributed by atoms with van der Waals surface area (Å²) in [5.41, 5.74) is -2.58. The third kappa shape index (κ3) is 4.79. The van der Waals surface area contributed by atoms with Gasteiger partial charge in [-0.25, -0.2) is 4.39 Å². The Hall–Kier alpha value is -1.66. The average Bonchev–Trinajstić information content (AvgIpc) is 2.38. The van der Waals surface area contributed by atoms with Crippen molar-refractivity contribution in [2.45, 2.75) is 32.0 Å². The molecule has 1 amide bonds. The second-order valence-corrected chi connectivity index (χ2v) is 5.40. The van der Waals surface area contributed by atoms with Crippen LogP contribution in [-0.4, -0.2) is 40.5 Å². The lowest BCUT2D eigenvalue weighted by Gasteiger charge is -2.28. The molecule has 0 aliphatic rings. The molecular weight excluding hydrogens is 265 g/mol. The van der Waals surface area contributed by atoms with E-state index >= 15 is 0 Å². The number of rotatable bonds is 6. The third-order valence-corrected chi connectivity index (χ3v) is 2.70. The number of hydrogen-bond acceptors (Lipinski definition) is 4. The molecule has 1 unspecified atom stereocenters. The lowest BCUT2D eigenvalue weighted by Crippen LogP contribution is -2.51. The number of carbonyl (C=O) groups excluding carboxylic acids is 1. The predicted molar refractivity (Wildman–Crippen MR) is 71.8 cm³/mol. The van der Waals surface area contributed by atoms with Crippen LogP contribution >= 0.6 is 0 Å². The van der Waals surface area contributed by atoms with Crippen molar-refractivity contribution in [3.63, 3.8) is 0 Å². The number of carbonyl (C=O) groups is 1. The highest BCUT2D eigenvalue weighted by molar-refractivity contribution is 5.84. The van der Waals surface area contributed by atoms with Crippen LogP contribution in [0.25, 0.3) is 0 Å². The number of hydrogen-bond donors (Lipinski definition) is 3. The van der Waals surface area contributed by atoms with E-state index in [2.05, 4.69) is 5.32 Å². The molecule has 1 aromatic rings. The van der Waals surface area contributed by atoms with Gasteiger partial charge in [0.1, 0.15) is 17.2 Å². The highest BCUT2D eigenvalue weighted by Gasteiger charge is 2.31. The molecule has 0 aromatic heterocycles. The minimum atomic E-state index is -1.39. The maximum atomic E-state index is 12.8. The van der Waals surface area contributed by atoms with Crippen LogP contribution < -0.4 is 10.1 Å². The van der Waals surface area contributed by atoms with Crippen LogP contribution in [-0.2, 0) is 4.79 Å². The molecule has 0 saturated carbocycles. The number of halogens is 1. The Morgan fingerprint density at radius 2 is 1.85 bits per heavy atom. The van der Waals surface area contributed by atoms with Crippen molar-refractivity contribution in [2.75, 3.05) is 13.2 Å². The summed E-state index contributed by atoms with van der Waals surface area (Å²) < 4.78 is 18.3. The van der Waals surface area contributed by atoms with Gasteiger partial charge < -0.3 is 20.3 Å².